The molecule has 2 rings (SSSR count). The van der Waals surface area contributed by atoms with E-state index in [2.05, 4.69) is 17.1 Å². The highest BCUT2D eigenvalue weighted by Gasteiger charge is 2.23. The fourth-order valence-corrected chi connectivity index (χ4v) is 3.28. The van der Waals surface area contributed by atoms with E-state index in [-0.39, 0.29) is 5.91 Å². The van der Waals surface area contributed by atoms with Crippen LogP contribution in [-0.2, 0) is 11.3 Å². The molecular weight excluding hydrogens is 332 g/mol. The van der Waals surface area contributed by atoms with Crippen LogP contribution in [0.25, 0.3) is 0 Å². The lowest BCUT2D eigenvalue weighted by molar-refractivity contribution is -0.119. The summed E-state index contributed by atoms with van der Waals surface area (Å²) in [6, 6.07) is 5.82. The van der Waals surface area contributed by atoms with Gasteiger partial charge in [0.2, 0.25) is 5.91 Å². The Kier molecular flexibility index (Phi) is 7.56. The number of amides is 1. The Labute approximate surface area is 155 Å². The van der Waals surface area contributed by atoms with Crippen molar-refractivity contribution < 1.29 is 14.3 Å². The zero-order chi connectivity index (χ0) is 18.9. The maximum Gasteiger partial charge on any atom is 0.217 e. The number of carbonyl (C=O) groups is 1. The maximum atomic E-state index is 11.2. The van der Waals surface area contributed by atoms with Gasteiger partial charge in [-0.15, -0.1) is 0 Å². The van der Waals surface area contributed by atoms with Gasteiger partial charge in [-0.3, -0.25) is 4.79 Å². The van der Waals surface area contributed by atoms with Crippen molar-refractivity contribution >= 4 is 11.9 Å². The number of hydrogen-bond donors (Lipinski definition) is 2. The number of aliphatic imine (C=N–C) groups is 1. The third kappa shape index (κ3) is 5.54. The van der Waals surface area contributed by atoms with Crippen LogP contribution >= 0.6 is 0 Å². The first kappa shape index (κ1) is 19.9. The van der Waals surface area contributed by atoms with Gasteiger partial charge in [0.15, 0.2) is 17.5 Å². The number of methoxy groups -OCH3 is 2. The number of piperidine rings is 1. The minimum atomic E-state index is -0.232. The van der Waals surface area contributed by atoms with Crippen LogP contribution in [0.1, 0.15) is 31.7 Å². The Morgan fingerprint density at radius 1 is 1.35 bits per heavy atom. The number of nitrogens with two attached hydrogens (primary N) is 1. The highest BCUT2D eigenvalue weighted by atomic mass is 16.5. The van der Waals surface area contributed by atoms with Crippen molar-refractivity contribution in [3.05, 3.63) is 23.8 Å². The number of nitrogens with one attached hydrogen (secondary N) is 1. The van der Waals surface area contributed by atoms with E-state index in [1.807, 2.05) is 18.2 Å². The molecular formula is C19H30N4O3. The molecule has 1 saturated heterocycles. The van der Waals surface area contributed by atoms with Gasteiger partial charge in [0.1, 0.15) is 0 Å². The molecule has 144 valence electrons. The number of nitrogens with zero attached hydrogens (tertiary/aromatic N) is 2. The van der Waals surface area contributed by atoms with Crippen LogP contribution in [0.4, 0.5) is 0 Å². The number of likely N-dealkylation sites (tertiary alicyclic amines) is 1. The molecule has 1 heterocycles. The lowest BCUT2D eigenvalue weighted by Crippen LogP contribution is -2.47. The zero-order valence-electron chi connectivity index (χ0n) is 16.0. The molecule has 1 amide bonds. The minimum absolute atomic E-state index is 0.232. The Balaban J connectivity index is 2.09. The number of rotatable bonds is 7. The van der Waals surface area contributed by atoms with Gasteiger partial charge >= 0.3 is 0 Å². The Bertz CT molecular complexity index is 633. The molecule has 0 radical (unpaired) electrons. The monoisotopic (exact) mass is 362 g/mol. The van der Waals surface area contributed by atoms with Gasteiger partial charge in [-0.1, -0.05) is 6.07 Å². The number of benzene rings is 1. The predicted molar refractivity (Wildman–Crippen MR) is 102 cm³/mol. The van der Waals surface area contributed by atoms with E-state index in [0.717, 1.165) is 44.0 Å². The first-order valence-electron chi connectivity index (χ1n) is 9.09. The molecule has 0 saturated carbocycles. The molecule has 1 atom stereocenters. The van der Waals surface area contributed by atoms with Crippen LogP contribution in [0.2, 0.25) is 0 Å². The van der Waals surface area contributed by atoms with Gasteiger partial charge in [0.05, 0.1) is 20.8 Å². The SMILES string of the molecule is CCNC(=NCc1ccc(OC)c(OC)c1)N1CCCC(CC(N)=O)C1. The summed E-state index contributed by atoms with van der Waals surface area (Å²) in [6.07, 6.45) is 2.51. The molecule has 1 fully saturated rings. The first-order chi connectivity index (χ1) is 12.6. The highest BCUT2D eigenvalue weighted by molar-refractivity contribution is 5.80. The van der Waals surface area contributed by atoms with Gasteiger partial charge < -0.3 is 25.4 Å². The van der Waals surface area contributed by atoms with Crippen LogP contribution < -0.4 is 20.5 Å². The second-order valence-corrected chi connectivity index (χ2v) is 6.48. The minimum Gasteiger partial charge on any atom is -0.493 e. The van der Waals surface area contributed by atoms with Crippen LogP contribution in [0.15, 0.2) is 23.2 Å². The van der Waals surface area contributed by atoms with E-state index in [1.165, 1.54) is 0 Å². The van der Waals surface area contributed by atoms with E-state index in [4.69, 9.17) is 20.2 Å². The van der Waals surface area contributed by atoms with Gasteiger partial charge in [-0.05, 0) is 43.4 Å². The van der Waals surface area contributed by atoms with Gasteiger partial charge in [0, 0.05) is 26.1 Å². The van der Waals surface area contributed by atoms with Crippen molar-refractivity contribution in [1.29, 1.82) is 0 Å². The van der Waals surface area contributed by atoms with E-state index in [0.29, 0.717) is 30.4 Å². The average molecular weight is 362 g/mol. The molecule has 1 aromatic carbocycles. The third-order valence-corrected chi connectivity index (χ3v) is 4.50. The molecule has 0 aromatic heterocycles. The quantitative estimate of drug-likeness (QED) is 0.570. The summed E-state index contributed by atoms with van der Waals surface area (Å²) in [4.78, 5) is 18.2. The third-order valence-electron chi connectivity index (χ3n) is 4.50. The first-order valence-corrected chi connectivity index (χ1v) is 9.09. The molecule has 1 aliphatic heterocycles. The van der Waals surface area contributed by atoms with Gasteiger partial charge in [0.25, 0.3) is 0 Å². The normalized spacial score (nSPS) is 17.7. The van der Waals surface area contributed by atoms with E-state index >= 15 is 0 Å². The van der Waals surface area contributed by atoms with Crippen LogP contribution in [0.3, 0.4) is 0 Å². The number of carbonyl (C=O) groups excluding carboxylic acids is 1. The predicted octanol–water partition coefficient (Wildman–Crippen LogP) is 1.76. The summed E-state index contributed by atoms with van der Waals surface area (Å²) in [5.74, 6) is 2.34. The molecule has 0 aliphatic carbocycles. The number of primary amides is 1. The van der Waals surface area contributed by atoms with Crippen molar-refractivity contribution in [2.75, 3.05) is 33.9 Å². The lowest BCUT2D eigenvalue weighted by atomic mass is 9.95. The molecule has 7 nitrogen and oxygen atoms in total. The summed E-state index contributed by atoms with van der Waals surface area (Å²) in [7, 11) is 3.25. The highest BCUT2D eigenvalue weighted by Crippen LogP contribution is 2.28. The lowest BCUT2D eigenvalue weighted by Gasteiger charge is -2.34. The van der Waals surface area contributed by atoms with E-state index in [1.54, 1.807) is 14.2 Å². The fraction of sp³-hybridized carbons (Fsp3) is 0.579. The number of guanidine groups is 1. The van der Waals surface area contributed by atoms with Crippen LogP contribution in [-0.4, -0.2) is 50.6 Å². The van der Waals surface area contributed by atoms with Crippen molar-refractivity contribution in [2.24, 2.45) is 16.6 Å². The molecule has 1 unspecified atom stereocenters. The molecule has 1 aliphatic rings. The second-order valence-electron chi connectivity index (χ2n) is 6.48. The van der Waals surface area contributed by atoms with E-state index < -0.39 is 0 Å². The zero-order valence-corrected chi connectivity index (χ0v) is 16.0. The smallest absolute Gasteiger partial charge is 0.217 e. The second kappa shape index (κ2) is 9.89. The molecule has 1 aromatic rings. The molecule has 7 heteroatoms. The summed E-state index contributed by atoms with van der Waals surface area (Å²) in [5, 5.41) is 3.35. The standard InChI is InChI=1S/C19H30N4O3/c1-4-21-19(23-9-5-6-15(13-23)11-18(20)24)22-12-14-7-8-16(25-2)17(10-14)26-3/h7-8,10,15H,4-6,9,11-13H2,1-3H3,(H2,20,24)(H,21,22). The van der Waals surface area contributed by atoms with Crippen molar-refractivity contribution in [3.63, 3.8) is 0 Å². The molecule has 26 heavy (non-hydrogen) atoms. The number of hydrogen-bond acceptors (Lipinski definition) is 4. The van der Waals surface area contributed by atoms with Crippen LogP contribution in [0.5, 0.6) is 11.5 Å². The number of ether oxygens (including phenoxy) is 2. The Morgan fingerprint density at radius 2 is 2.12 bits per heavy atom. The van der Waals surface area contributed by atoms with Gasteiger partial charge in [-0.2, -0.15) is 0 Å². The van der Waals surface area contributed by atoms with Crippen molar-refractivity contribution in [2.45, 2.75) is 32.7 Å². The molecule has 3 N–H and O–H groups in total. The maximum absolute atomic E-state index is 11.2. The summed E-state index contributed by atoms with van der Waals surface area (Å²) >= 11 is 0. The molecule has 0 spiro atoms. The average Bonchev–Trinajstić information content (AvgIpc) is 2.64. The fourth-order valence-electron chi connectivity index (χ4n) is 3.28. The van der Waals surface area contributed by atoms with Crippen LogP contribution in [0, 0.1) is 5.92 Å². The topological polar surface area (TPSA) is 89.2 Å². The Hall–Kier alpha value is -2.44. The Morgan fingerprint density at radius 3 is 2.77 bits per heavy atom. The summed E-state index contributed by atoms with van der Waals surface area (Å²) in [6.45, 7) is 5.13. The summed E-state index contributed by atoms with van der Waals surface area (Å²) < 4.78 is 10.6. The van der Waals surface area contributed by atoms with E-state index in [9.17, 15) is 4.79 Å². The van der Waals surface area contributed by atoms with Crippen molar-refractivity contribution in [1.82, 2.24) is 10.2 Å². The largest absolute Gasteiger partial charge is 0.493 e. The van der Waals surface area contributed by atoms with Gasteiger partial charge in [-0.25, -0.2) is 4.99 Å². The summed E-state index contributed by atoms with van der Waals surface area (Å²) in [5.41, 5.74) is 6.41. The molecule has 0 bridgehead atoms. The van der Waals surface area contributed by atoms with Crippen molar-refractivity contribution in [3.8, 4) is 11.5 Å².